The van der Waals surface area contributed by atoms with Gasteiger partial charge in [0.05, 0.1) is 27.5 Å². The van der Waals surface area contributed by atoms with Gasteiger partial charge in [-0.3, -0.25) is 23.2 Å². The van der Waals surface area contributed by atoms with Crippen molar-refractivity contribution in [2.75, 3.05) is 5.32 Å². The van der Waals surface area contributed by atoms with E-state index < -0.39 is 122 Å². The predicted molar refractivity (Wildman–Crippen MR) is 188 cm³/mol. The zero-order valence-electron chi connectivity index (χ0n) is 27.1. The number of amides is 1. The molecule has 0 spiro atoms. The fourth-order valence-corrected chi connectivity index (χ4v) is 7.83. The van der Waals surface area contributed by atoms with Gasteiger partial charge in [-0.15, -0.1) is 14.6 Å². The molecule has 6 N–H and O–H groups in total. The Bertz CT molecular complexity index is 2760. The van der Waals surface area contributed by atoms with Crippen LogP contribution in [0.5, 0.6) is 5.75 Å². The third-order valence-electron chi connectivity index (χ3n) is 6.93. The van der Waals surface area contributed by atoms with Crippen LogP contribution in [0.15, 0.2) is 118 Å². The highest BCUT2D eigenvalue weighted by molar-refractivity contribution is 7.95. The third kappa shape index (κ3) is 9.79. The lowest BCUT2D eigenvalue weighted by atomic mass is 10.1. The summed E-state index contributed by atoms with van der Waals surface area (Å²) in [4.78, 5) is 22.1. The van der Waals surface area contributed by atoms with E-state index in [1.165, 1.54) is 12.1 Å². The smallest absolute Gasteiger partial charge is 0.297 e. The number of aromatic hydroxyl groups is 1. The average molecular weight is 862 g/mol. The van der Waals surface area contributed by atoms with Crippen molar-refractivity contribution in [1.29, 1.82) is 0 Å². The number of hydrogen-bond acceptors (Lipinski definition) is 19. The Morgan fingerprint density at radius 3 is 2.04 bits per heavy atom. The fourth-order valence-electron chi connectivity index (χ4n) is 4.55. The van der Waals surface area contributed by atoms with Crippen molar-refractivity contribution in [2.45, 2.75) is 37.4 Å². The molecule has 4 aromatic carbocycles. The van der Waals surface area contributed by atoms with Crippen LogP contribution in [0.3, 0.4) is 0 Å². The molecule has 1 unspecified atom stereocenters. The van der Waals surface area contributed by atoms with E-state index in [-0.39, 0.29) is 12.0 Å². The first kappa shape index (κ1) is 42.7. The van der Waals surface area contributed by atoms with Crippen LogP contribution in [0.2, 0.25) is 0 Å². The lowest BCUT2D eigenvalue weighted by Crippen LogP contribution is -2.32. The van der Waals surface area contributed by atoms with Gasteiger partial charge in [0.25, 0.3) is 36.3 Å². The molecule has 4 rings (SSSR count). The number of Topliss-reactive ketones (excluding diaryl/α,β-unsaturated/α-hetero) is 1. The van der Waals surface area contributed by atoms with Gasteiger partial charge < -0.3 is 10.4 Å². The molecule has 0 aliphatic heterocycles. The molecular weight excluding hydrogens is 839 g/mol. The molecule has 0 bridgehead atoms. The minimum absolute atomic E-state index is 0.0868. The number of phenolic OH excluding ortho intramolecular Hbond substituents is 1. The van der Waals surface area contributed by atoms with Crippen LogP contribution >= 0.6 is 12.0 Å². The molecule has 0 radical (unpaired) electrons. The summed E-state index contributed by atoms with van der Waals surface area (Å²) in [5.74, 6) is -3.42. The number of phenols is 1. The van der Waals surface area contributed by atoms with Crippen LogP contribution in [0.1, 0.15) is 6.92 Å². The Morgan fingerprint density at radius 2 is 1.45 bits per heavy atom. The van der Waals surface area contributed by atoms with E-state index in [0.717, 1.165) is 43.3 Å². The number of sulfone groups is 1. The van der Waals surface area contributed by atoms with E-state index in [1.54, 1.807) is 0 Å². The Morgan fingerprint density at radius 1 is 0.818 bits per heavy atom. The number of nitrogens with zero attached hydrogens (tertiary/aromatic N) is 4. The van der Waals surface area contributed by atoms with Crippen LogP contribution in [-0.4, -0.2) is 75.4 Å². The van der Waals surface area contributed by atoms with E-state index >= 15 is 0 Å². The molecule has 1 amide bonds. The van der Waals surface area contributed by atoms with Crippen LogP contribution in [-0.2, 0) is 59.2 Å². The molecule has 22 nitrogen and oxygen atoms in total. The summed E-state index contributed by atoms with van der Waals surface area (Å²) >= 11 is 0.0868. The molecule has 0 saturated heterocycles. The second-order valence-corrected chi connectivity index (χ2v) is 17.3. The first-order chi connectivity index (χ1) is 25.5. The van der Waals surface area contributed by atoms with Crippen LogP contribution < -0.4 is 5.32 Å². The number of benzene rings is 4. The normalized spacial score (nSPS) is 13.3. The minimum Gasteiger partial charge on any atom is -0.505 e. The highest BCUT2D eigenvalue weighted by Gasteiger charge is 2.30. The first-order valence-corrected chi connectivity index (χ1v) is 20.8. The molecule has 0 heterocycles. The molecule has 292 valence electrons. The average Bonchev–Trinajstić information content (AvgIpc) is 3.08. The Balaban J connectivity index is 1.86. The maximum atomic E-state index is 13.3. The van der Waals surface area contributed by atoms with Crippen molar-refractivity contribution in [3.8, 4) is 5.75 Å². The van der Waals surface area contributed by atoms with E-state index in [9.17, 15) is 62.0 Å². The van der Waals surface area contributed by atoms with Crippen molar-refractivity contribution in [1.82, 2.24) is 0 Å². The van der Waals surface area contributed by atoms with Crippen LogP contribution in [0.25, 0.3) is 10.8 Å². The monoisotopic (exact) mass is 861 g/mol. The molecule has 0 aromatic heterocycles. The van der Waals surface area contributed by atoms with Crippen molar-refractivity contribution in [3.05, 3.63) is 72.7 Å². The van der Waals surface area contributed by atoms with Gasteiger partial charge in [-0.1, -0.05) is 23.7 Å². The fraction of sp³-hybridized carbons (Fsp3) is 0.0714. The number of nitrogens with one attached hydrogen (secondary N) is 1. The van der Waals surface area contributed by atoms with Gasteiger partial charge in [-0.05, 0) is 55.5 Å². The summed E-state index contributed by atoms with van der Waals surface area (Å²) in [7, 11) is -19.5. The van der Waals surface area contributed by atoms with Gasteiger partial charge in [0.1, 0.15) is 31.7 Å². The summed E-state index contributed by atoms with van der Waals surface area (Å²) in [5, 5.41) is 39.5. The molecule has 0 aliphatic rings. The highest BCUT2D eigenvalue weighted by Crippen LogP contribution is 2.47. The Kier molecular flexibility index (Phi) is 12.7. The van der Waals surface area contributed by atoms with E-state index in [4.69, 9.17) is 5.26 Å². The Labute approximate surface area is 314 Å². The van der Waals surface area contributed by atoms with Gasteiger partial charge in [0, 0.05) is 16.2 Å². The molecule has 0 aliphatic carbocycles. The van der Waals surface area contributed by atoms with E-state index in [2.05, 4.69) is 36.4 Å². The molecule has 0 fully saturated rings. The second-order valence-electron chi connectivity index (χ2n) is 10.5. The van der Waals surface area contributed by atoms with Gasteiger partial charge >= 0.3 is 0 Å². The number of carbonyl (C=O) groups is 2. The maximum absolute atomic E-state index is 13.3. The summed E-state index contributed by atoms with van der Waals surface area (Å²) in [5.41, 5.74) is -2.57. The number of carbonyl (C=O) groups excluding carboxylic acids is 2. The van der Waals surface area contributed by atoms with Gasteiger partial charge in [0.2, 0.25) is 6.04 Å². The van der Waals surface area contributed by atoms with E-state index in [1.807, 2.05) is 5.32 Å². The molecule has 0 saturated carbocycles. The lowest BCUT2D eigenvalue weighted by Gasteiger charge is -2.16. The largest absolute Gasteiger partial charge is 0.505 e. The minimum atomic E-state index is -5.40. The van der Waals surface area contributed by atoms with Crippen LogP contribution in [0, 0.1) is 0 Å². The molecule has 55 heavy (non-hydrogen) atoms. The first-order valence-electron chi connectivity index (χ1n) is 14.2. The summed E-state index contributed by atoms with van der Waals surface area (Å²) in [6.07, 6.45) is 0. The molecular formula is C28H23N5O17S5. The number of azo groups is 2. The predicted octanol–water partition coefficient (Wildman–Crippen LogP) is 4.73. The second kappa shape index (κ2) is 16.3. The summed E-state index contributed by atoms with van der Waals surface area (Å²) in [6, 6.07) is 7.30. The zero-order chi connectivity index (χ0) is 41.1. The Hall–Kier alpha value is -5.07. The number of rotatable bonds is 15. The van der Waals surface area contributed by atoms with E-state index in [0.29, 0.717) is 17.5 Å². The van der Waals surface area contributed by atoms with Gasteiger partial charge in [-0.25, -0.2) is 13.7 Å². The molecule has 1 atom stereocenters. The SMILES string of the molecule is C=CS(=O)(=O)c1ccc(S(=O)(=O)O)c(N=NC(C(C)=O)C(=O)Nc2ccc3c(O)c(N=Nc4ccccc4S(=O)(=O)O)c(SOOO)cc3c2S(=O)(=O)O)c1. The topological polar surface area (TPSA) is 352 Å². The maximum Gasteiger partial charge on any atom is 0.297 e. The summed E-state index contributed by atoms with van der Waals surface area (Å²) in [6.45, 7) is 3.95. The van der Waals surface area contributed by atoms with Crippen molar-refractivity contribution < 1.29 is 76.7 Å². The number of ketones is 1. The molecule has 4 aromatic rings. The van der Waals surface area contributed by atoms with Gasteiger partial charge in [-0.2, -0.15) is 35.5 Å². The van der Waals surface area contributed by atoms with Crippen molar-refractivity contribution in [2.24, 2.45) is 20.5 Å². The van der Waals surface area contributed by atoms with Crippen molar-refractivity contribution in [3.63, 3.8) is 0 Å². The van der Waals surface area contributed by atoms with Crippen LogP contribution in [0.4, 0.5) is 22.7 Å². The number of fused-ring (bicyclic) bond motifs is 1. The van der Waals surface area contributed by atoms with Gasteiger partial charge in [0.15, 0.2) is 21.4 Å². The standard InChI is InChI=1S/C28H23N5O17S5/c1-3-52(38,39)15-8-11-23(54(43,44)45)20(12-15)31-32-24(14(2)34)28(36)29-19-10-9-16-17(27(19)55(46,47)48)13-21(51-50-49-37)25(26(16)35)33-30-18-6-4-5-7-22(18)53(40,41)42/h3-13,24,35,37H,1H2,2H3,(H,29,36)(H,40,41,42)(H,43,44,45)(H,46,47,48). The quantitative estimate of drug-likeness (QED) is 0.0235. The lowest BCUT2D eigenvalue weighted by molar-refractivity contribution is -0.432. The third-order valence-corrected chi connectivity index (χ3v) is 11.7. The summed E-state index contributed by atoms with van der Waals surface area (Å²) < 4.78 is 131. The zero-order valence-corrected chi connectivity index (χ0v) is 31.2. The highest BCUT2D eigenvalue weighted by atomic mass is 32.2. The number of hydrogen-bond donors (Lipinski definition) is 6. The molecule has 27 heteroatoms. The van der Waals surface area contributed by atoms with Crippen molar-refractivity contribution >= 4 is 97.4 Å². The number of anilines is 1.